The molecule has 1 aromatic carbocycles. The van der Waals surface area contributed by atoms with E-state index in [-0.39, 0.29) is 0 Å². The van der Waals surface area contributed by atoms with E-state index in [2.05, 4.69) is 54.1 Å². The van der Waals surface area contributed by atoms with Crippen molar-refractivity contribution in [2.24, 2.45) is 0 Å². The third-order valence-corrected chi connectivity index (χ3v) is 3.36. The summed E-state index contributed by atoms with van der Waals surface area (Å²) in [5, 5.41) is 3.52. The van der Waals surface area contributed by atoms with Crippen molar-refractivity contribution in [1.29, 1.82) is 0 Å². The number of nitrogens with zero attached hydrogens (tertiary/aromatic N) is 1. The van der Waals surface area contributed by atoms with Crippen molar-refractivity contribution in [1.82, 2.24) is 10.2 Å². The standard InChI is InChI=1S/C16H24N2/c1-3-18(13-15-7-5-4-6-8-15)12-14(2)11-17-16-9-10-16/h4-8,16-17H,2-3,9-13H2,1H3. The Kier molecular flexibility index (Phi) is 4.97. The second-order valence-electron chi connectivity index (χ2n) is 5.19. The largest absolute Gasteiger partial charge is 0.310 e. The minimum absolute atomic E-state index is 0.769. The van der Waals surface area contributed by atoms with Gasteiger partial charge in [0.1, 0.15) is 0 Å². The number of hydrogen-bond donors (Lipinski definition) is 1. The van der Waals surface area contributed by atoms with E-state index in [9.17, 15) is 0 Å². The van der Waals surface area contributed by atoms with Crippen LogP contribution in [-0.4, -0.2) is 30.6 Å². The molecule has 0 aromatic heterocycles. The first-order valence-corrected chi connectivity index (χ1v) is 6.94. The van der Waals surface area contributed by atoms with Crippen LogP contribution in [0.25, 0.3) is 0 Å². The molecule has 1 fully saturated rings. The first-order chi connectivity index (χ1) is 8.78. The lowest BCUT2D eigenvalue weighted by Gasteiger charge is -2.22. The molecule has 2 nitrogen and oxygen atoms in total. The maximum Gasteiger partial charge on any atom is 0.0237 e. The van der Waals surface area contributed by atoms with Crippen LogP contribution in [0.5, 0.6) is 0 Å². The van der Waals surface area contributed by atoms with Crippen LogP contribution in [0, 0.1) is 0 Å². The highest BCUT2D eigenvalue weighted by Gasteiger charge is 2.20. The van der Waals surface area contributed by atoms with Crippen molar-refractivity contribution >= 4 is 0 Å². The summed E-state index contributed by atoms with van der Waals surface area (Å²) in [6, 6.07) is 11.4. The van der Waals surface area contributed by atoms with Gasteiger partial charge >= 0.3 is 0 Å². The predicted molar refractivity (Wildman–Crippen MR) is 77.6 cm³/mol. The van der Waals surface area contributed by atoms with E-state index in [0.717, 1.165) is 32.2 Å². The van der Waals surface area contributed by atoms with Gasteiger partial charge in [-0.25, -0.2) is 0 Å². The summed E-state index contributed by atoms with van der Waals surface area (Å²) in [5.41, 5.74) is 2.67. The fourth-order valence-electron chi connectivity index (χ4n) is 2.07. The van der Waals surface area contributed by atoms with Crippen molar-refractivity contribution in [2.75, 3.05) is 19.6 Å². The molecule has 18 heavy (non-hydrogen) atoms. The van der Waals surface area contributed by atoms with Crippen LogP contribution in [0.15, 0.2) is 42.5 Å². The maximum absolute atomic E-state index is 4.18. The second-order valence-corrected chi connectivity index (χ2v) is 5.19. The van der Waals surface area contributed by atoms with Gasteiger partial charge in [-0.1, -0.05) is 43.8 Å². The van der Waals surface area contributed by atoms with Crippen LogP contribution in [-0.2, 0) is 6.54 Å². The Bertz CT molecular complexity index is 368. The molecule has 0 radical (unpaired) electrons. The van der Waals surface area contributed by atoms with Crippen LogP contribution in [0.1, 0.15) is 25.3 Å². The highest BCUT2D eigenvalue weighted by atomic mass is 15.1. The Morgan fingerprint density at radius 3 is 2.67 bits per heavy atom. The van der Waals surface area contributed by atoms with Crippen LogP contribution in [0.3, 0.4) is 0 Å². The number of hydrogen-bond acceptors (Lipinski definition) is 2. The van der Waals surface area contributed by atoms with Crippen molar-refractivity contribution in [2.45, 2.75) is 32.4 Å². The van der Waals surface area contributed by atoms with E-state index >= 15 is 0 Å². The van der Waals surface area contributed by atoms with Gasteiger partial charge in [-0.2, -0.15) is 0 Å². The lowest BCUT2D eigenvalue weighted by Crippen LogP contribution is -2.29. The minimum Gasteiger partial charge on any atom is -0.310 e. The molecular formula is C16H24N2. The van der Waals surface area contributed by atoms with Gasteiger partial charge in [0.25, 0.3) is 0 Å². The maximum atomic E-state index is 4.18. The molecule has 2 rings (SSSR count). The molecule has 1 aromatic rings. The van der Waals surface area contributed by atoms with E-state index in [1.807, 2.05) is 0 Å². The zero-order valence-corrected chi connectivity index (χ0v) is 11.4. The molecule has 0 bridgehead atoms. The first kappa shape index (κ1) is 13.3. The molecule has 0 unspecified atom stereocenters. The van der Waals surface area contributed by atoms with Crippen LogP contribution < -0.4 is 5.32 Å². The summed E-state index contributed by atoms with van der Waals surface area (Å²) in [6.45, 7) is 10.4. The van der Waals surface area contributed by atoms with Gasteiger partial charge < -0.3 is 5.32 Å². The zero-order valence-electron chi connectivity index (χ0n) is 11.4. The first-order valence-electron chi connectivity index (χ1n) is 6.94. The van der Waals surface area contributed by atoms with Gasteiger partial charge in [0, 0.05) is 25.7 Å². The Hall–Kier alpha value is -1.12. The zero-order chi connectivity index (χ0) is 12.8. The van der Waals surface area contributed by atoms with Gasteiger partial charge in [0.15, 0.2) is 0 Å². The molecular weight excluding hydrogens is 220 g/mol. The highest BCUT2D eigenvalue weighted by Crippen LogP contribution is 2.18. The Labute approximate surface area is 111 Å². The number of benzene rings is 1. The average Bonchev–Trinajstić information content (AvgIpc) is 3.21. The van der Waals surface area contributed by atoms with E-state index in [0.29, 0.717) is 0 Å². The topological polar surface area (TPSA) is 15.3 Å². The summed E-state index contributed by atoms with van der Waals surface area (Å²) in [4.78, 5) is 2.44. The van der Waals surface area contributed by atoms with Crippen LogP contribution in [0.2, 0.25) is 0 Å². The van der Waals surface area contributed by atoms with Gasteiger partial charge in [0.05, 0.1) is 0 Å². The monoisotopic (exact) mass is 244 g/mol. The SMILES string of the molecule is C=C(CNC1CC1)CN(CC)Cc1ccccc1. The number of rotatable bonds is 8. The molecule has 0 amide bonds. The fraction of sp³-hybridized carbons (Fsp3) is 0.500. The van der Waals surface area contributed by atoms with Gasteiger partial charge in [-0.15, -0.1) is 0 Å². The van der Waals surface area contributed by atoms with Gasteiger partial charge in [0.2, 0.25) is 0 Å². The van der Waals surface area contributed by atoms with E-state index < -0.39 is 0 Å². The molecule has 1 aliphatic rings. The molecule has 0 saturated heterocycles. The summed E-state index contributed by atoms with van der Waals surface area (Å²) in [7, 11) is 0. The van der Waals surface area contributed by atoms with Crippen molar-refractivity contribution in [3.8, 4) is 0 Å². The third kappa shape index (κ3) is 4.63. The van der Waals surface area contributed by atoms with Crippen LogP contribution in [0.4, 0.5) is 0 Å². The second kappa shape index (κ2) is 6.72. The molecule has 2 heteroatoms. The molecule has 0 aliphatic heterocycles. The quantitative estimate of drug-likeness (QED) is 0.707. The molecule has 1 saturated carbocycles. The van der Waals surface area contributed by atoms with E-state index in [1.54, 1.807) is 0 Å². The minimum atomic E-state index is 0.769. The fourth-order valence-corrected chi connectivity index (χ4v) is 2.07. The molecule has 0 heterocycles. The summed E-state index contributed by atoms with van der Waals surface area (Å²) < 4.78 is 0. The Balaban J connectivity index is 1.75. The predicted octanol–water partition coefficient (Wildman–Crippen LogP) is 2.82. The molecule has 1 aliphatic carbocycles. The van der Waals surface area contributed by atoms with Crippen molar-refractivity contribution in [3.63, 3.8) is 0 Å². The summed E-state index contributed by atoms with van der Waals surface area (Å²) in [5.74, 6) is 0. The van der Waals surface area contributed by atoms with Crippen molar-refractivity contribution in [3.05, 3.63) is 48.0 Å². The van der Waals surface area contributed by atoms with E-state index in [1.165, 1.54) is 24.0 Å². The lowest BCUT2D eigenvalue weighted by atomic mass is 10.2. The molecule has 1 N–H and O–H groups in total. The summed E-state index contributed by atoms with van der Waals surface area (Å²) in [6.07, 6.45) is 2.68. The highest BCUT2D eigenvalue weighted by molar-refractivity contribution is 5.15. The molecule has 0 spiro atoms. The lowest BCUT2D eigenvalue weighted by molar-refractivity contribution is 0.302. The van der Waals surface area contributed by atoms with E-state index in [4.69, 9.17) is 0 Å². The third-order valence-electron chi connectivity index (χ3n) is 3.36. The smallest absolute Gasteiger partial charge is 0.0237 e. The Morgan fingerprint density at radius 1 is 1.33 bits per heavy atom. The molecule has 98 valence electrons. The van der Waals surface area contributed by atoms with Crippen molar-refractivity contribution < 1.29 is 0 Å². The number of likely N-dealkylation sites (N-methyl/N-ethyl adjacent to an activating group) is 1. The normalized spacial score (nSPS) is 15.0. The van der Waals surface area contributed by atoms with Gasteiger partial charge in [-0.05, 0) is 30.5 Å². The summed E-state index contributed by atoms with van der Waals surface area (Å²) >= 11 is 0. The van der Waals surface area contributed by atoms with Gasteiger partial charge in [-0.3, -0.25) is 4.90 Å². The number of nitrogens with one attached hydrogen (secondary N) is 1. The average molecular weight is 244 g/mol. The molecule has 0 atom stereocenters. The Morgan fingerprint density at radius 2 is 2.06 bits per heavy atom. The van der Waals surface area contributed by atoms with Crippen LogP contribution >= 0.6 is 0 Å².